The second kappa shape index (κ2) is 6.58. The number of rotatable bonds is 6. The van der Waals surface area contributed by atoms with Crippen LogP contribution in [-0.2, 0) is 6.54 Å². The molecule has 1 fully saturated rings. The van der Waals surface area contributed by atoms with Gasteiger partial charge in [-0.1, -0.05) is 18.6 Å². The SMILES string of the molecule is O=C(NCc1ccc(C(=O)O)cc1)NCC1(CO)CCC1. The van der Waals surface area contributed by atoms with E-state index in [1.807, 2.05) is 0 Å². The fourth-order valence-electron chi connectivity index (χ4n) is 2.35. The average molecular weight is 292 g/mol. The van der Waals surface area contributed by atoms with Crippen LogP contribution >= 0.6 is 0 Å². The Balaban J connectivity index is 1.74. The fraction of sp³-hybridized carbons (Fsp3) is 0.467. The molecular formula is C15H20N2O4. The van der Waals surface area contributed by atoms with E-state index in [0.717, 1.165) is 24.8 Å². The van der Waals surface area contributed by atoms with Gasteiger partial charge in [0.1, 0.15) is 0 Å². The Labute approximate surface area is 123 Å². The maximum Gasteiger partial charge on any atom is 0.335 e. The zero-order valence-electron chi connectivity index (χ0n) is 11.8. The van der Waals surface area contributed by atoms with Crippen molar-refractivity contribution in [2.45, 2.75) is 25.8 Å². The molecule has 0 spiro atoms. The number of aliphatic hydroxyl groups excluding tert-OH is 1. The molecule has 4 N–H and O–H groups in total. The van der Waals surface area contributed by atoms with E-state index in [4.69, 9.17) is 5.11 Å². The molecule has 21 heavy (non-hydrogen) atoms. The van der Waals surface area contributed by atoms with Crippen LogP contribution in [0.3, 0.4) is 0 Å². The van der Waals surface area contributed by atoms with Gasteiger partial charge in [0, 0.05) is 18.5 Å². The summed E-state index contributed by atoms with van der Waals surface area (Å²) < 4.78 is 0. The normalized spacial score (nSPS) is 15.9. The maximum atomic E-state index is 11.7. The van der Waals surface area contributed by atoms with Gasteiger partial charge in [-0.2, -0.15) is 0 Å². The first kappa shape index (κ1) is 15.3. The van der Waals surface area contributed by atoms with Gasteiger partial charge in [-0.05, 0) is 30.5 Å². The zero-order chi connectivity index (χ0) is 15.3. The number of carbonyl (C=O) groups excluding carboxylic acids is 1. The molecule has 0 aromatic heterocycles. The van der Waals surface area contributed by atoms with Crippen molar-refractivity contribution in [3.05, 3.63) is 35.4 Å². The smallest absolute Gasteiger partial charge is 0.335 e. The van der Waals surface area contributed by atoms with E-state index in [2.05, 4.69) is 10.6 Å². The molecule has 6 nitrogen and oxygen atoms in total. The number of carboxylic acid groups (broad SMARTS) is 1. The predicted octanol–water partition coefficient (Wildman–Crippen LogP) is 1.35. The lowest BCUT2D eigenvalue weighted by molar-refractivity contribution is 0.0472. The van der Waals surface area contributed by atoms with Crippen molar-refractivity contribution in [3.8, 4) is 0 Å². The number of carbonyl (C=O) groups is 2. The van der Waals surface area contributed by atoms with Gasteiger partial charge in [0.2, 0.25) is 0 Å². The van der Waals surface area contributed by atoms with Crippen molar-refractivity contribution < 1.29 is 19.8 Å². The van der Waals surface area contributed by atoms with Crippen LogP contribution in [0.4, 0.5) is 4.79 Å². The Kier molecular flexibility index (Phi) is 4.80. The fourth-order valence-corrected chi connectivity index (χ4v) is 2.35. The summed E-state index contributed by atoms with van der Waals surface area (Å²) >= 11 is 0. The number of aromatic carboxylic acids is 1. The highest BCUT2D eigenvalue weighted by Crippen LogP contribution is 2.39. The number of hydrogen-bond acceptors (Lipinski definition) is 3. The summed E-state index contributed by atoms with van der Waals surface area (Å²) in [7, 11) is 0. The van der Waals surface area contributed by atoms with Crippen LogP contribution in [0.15, 0.2) is 24.3 Å². The van der Waals surface area contributed by atoms with E-state index in [-0.39, 0.29) is 23.6 Å². The molecule has 1 saturated carbocycles. The highest BCUT2D eigenvalue weighted by Gasteiger charge is 2.36. The van der Waals surface area contributed by atoms with Crippen LogP contribution < -0.4 is 10.6 Å². The summed E-state index contributed by atoms with van der Waals surface area (Å²) in [5.41, 5.74) is 0.911. The molecule has 0 bridgehead atoms. The summed E-state index contributed by atoms with van der Waals surface area (Å²) in [6.07, 6.45) is 2.99. The average Bonchev–Trinajstić information content (AvgIpc) is 2.45. The quantitative estimate of drug-likeness (QED) is 0.636. The minimum Gasteiger partial charge on any atom is -0.478 e. The first-order chi connectivity index (χ1) is 10.0. The van der Waals surface area contributed by atoms with Crippen LogP contribution in [0.25, 0.3) is 0 Å². The van der Waals surface area contributed by atoms with Crippen molar-refractivity contribution >= 4 is 12.0 Å². The zero-order valence-corrected chi connectivity index (χ0v) is 11.8. The molecular weight excluding hydrogens is 272 g/mol. The topological polar surface area (TPSA) is 98.7 Å². The Hall–Kier alpha value is -2.08. The van der Waals surface area contributed by atoms with E-state index >= 15 is 0 Å². The third kappa shape index (κ3) is 3.95. The van der Waals surface area contributed by atoms with Gasteiger partial charge in [0.05, 0.1) is 12.2 Å². The monoisotopic (exact) mass is 292 g/mol. The second-order valence-corrected chi connectivity index (χ2v) is 5.55. The van der Waals surface area contributed by atoms with Gasteiger partial charge in [-0.25, -0.2) is 9.59 Å². The van der Waals surface area contributed by atoms with E-state index in [9.17, 15) is 14.7 Å². The summed E-state index contributed by atoms with van der Waals surface area (Å²) in [5.74, 6) is -0.970. The third-order valence-electron chi connectivity index (χ3n) is 4.03. The van der Waals surface area contributed by atoms with Gasteiger partial charge in [0.25, 0.3) is 0 Å². The Morgan fingerprint density at radius 2 is 1.81 bits per heavy atom. The standard InChI is InChI=1S/C15H20N2O4/c18-10-15(6-1-7-15)9-17-14(21)16-8-11-2-4-12(5-3-11)13(19)20/h2-5,18H,1,6-10H2,(H,19,20)(H2,16,17,21). The molecule has 0 radical (unpaired) electrons. The van der Waals surface area contributed by atoms with Gasteiger partial charge in [0.15, 0.2) is 0 Å². The van der Waals surface area contributed by atoms with Crippen molar-refractivity contribution in [2.75, 3.05) is 13.2 Å². The van der Waals surface area contributed by atoms with Crippen LogP contribution in [0, 0.1) is 5.41 Å². The molecule has 0 unspecified atom stereocenters. The Morgan fingerprint density at radius 3 is 2.29 bits per heavy atom. The van der Waals surface area contributed by atoms with E-state index < -0.39 is 5.97 Å². The summed E-state index contributed by atoms with van der Waals surface area (Å²) in [6.45, 7) is 0.912. The minimum atomic E-state index is -0.970. The van der Waals surface area contributed by atoms with E-state index in [0.29, 0.717) is 13.1 Å². The lowest BCUT2D eigenvalue weighted by atomic mass is 9.69. The number of hydrogen-bond donors (Lipinski definition) is 4. The molecule has 1 aromatic rings. The first-order valence-corrected chi connectivity index (χ1v) is 6.99. The summed E-state index contributed by atoms with van der Waals surface area (Å²) in [4.78, 5) is 22.4. The molecule has 1 aliphatic carbocycles. The molecule has 0 aliphatic heterocycles. The van der Waals surface area contributed by atoms with Crippen molar-refractivity contribution in [2.24, 2.45) is 5.41 Å². The molecule has 0 atom stereocenters. The predicted molar refractivity (Wildman–Crippen MR) is 77.0 cm³/mol. The Bertz CT molecular complexity index is 503. The van der Waals surface area contributed by atoms with Gasteiger partial charge in [-0.3, -0.25) is 0 Å². The third-order valence-corrected chi connectivity index (χ3v) is 4.03. The summed E-state index contributed by atoms with van der Waals surface area (Å²) in [5, 5.41) is 23.6. The second-order valence-electron chi connectivity index (χ2n) is 5.55. The number of amides is 2. The van der Waals surface area contributed by atoms with E-state index in [1.165, 1.54) is 12.1 Å². The summed E-state index contributed by atoms with van der Waals surface area (Å²) in [6, 6.07) is 6.08. The first-order valence-electron chi connectivity index (χ1n) is 6.99. The molecule has 0 heterocycles. The molecule has 114 valence electrons. The Morgan fingerprint density at radius 1 is 1.14 bits per heavy atom. The minimum absolute atomic E-state index is 0.101. The molecule has 1 aliphatic rings. The molecule has 2 rings (SSSR count). The van der Waals surface area contributed by atoms with Gasteiger partial charge >= 0.3 is 12.0 Å². The number of carboxylic acids is 1. The highest BCUT2D eigenvalue weighted by atomic mass is 16.4. The van der Waals surface area contributed by atoms with Crippen molar-refractivity contribution in [1.29, 1.82) is 0 Å². The molecule has 2 amide bonds. The van der Waals surface area contributed by atoms with Crippen LogP contribution in [0.1, 0.15) is 35.2 Å². The molecule has 0 saturated heterocycles. The molecule has 6 heteroatoms. The maximum absolute atomic E-state index is 11.7. The van der Waals surface area contributed by atoms with Crippen molar-refractivity contribution in [1.82, 2.24) is 10.6 Å². The highest BCUT2D eigenvalue weighted by molar-refractivity contribution is 5.87. The van der Waals surface area contributed by atoms with Crippen LogP contribution in [0.5, 0.6) is 0 Å². The number of nitrogens with one attached hydrogen (secondary N) is 2. The lowest BCUT2D eigenvalue weighted by Crippen LogP contribution is -2.47. The van der Waals surface area contributed by atoms with Crippen molar-refractivity contribution in [3.63, 3.8) is 0 Å². The van der Waals surface area contributed by atoms with Crippen LogP contribution in [0.2, 0.25) is 0 Å². The van der Waals surface area contributed by atoms with E-state index in [1.54, 1.807) is 12.1 Å². The van der Waals surface area contributed by atoms with Gasteiger partial charge in [-0.15, -0.1) is 0 Å². The number of benzene rings is 1. The van der Waals surface area contributed by atoms with Crippen LogP contribution in [-0.4, -0.2) is 35.4 Å². The molecule has 1 aromatic carbocycles. The van der Waals surface area contributed by atoms with Gasteiger partial charge < -0.3 is 20.8 Å². The lowest BCUT2D eigenvalue weighted by Gasteiger charge is -2.40. The largest absolute Gasteiger partial charge is 0.478 e. The number of aliphatic hydroxyl groups is 1. The number of urea groups is 1.